The number of anilines is 1. The molecule has 0 spiro atoms. The fourth-order valence-corrected chi connectivity index (χ4v) is 4.44. The number of carbonyl (C=O) groups is 1. The summed E-state index contributed by atoms with van der Waals surface area (Å²) in [5.74, 6) is -0.155. The van der Waals surface area contributed by atoms with Crippen LogP contribution < -0.4 is 10.6 Å². The van der Waals surface area contributed by atoms with Gasteiger partial charge in [0.15, 0.2) is 0 Å². The van der Waals surface area contributed by atoms with Gasteiger partial charge in [0.05, 0.1) is 18.2 Å². The highest BCUT2D eigenvalue weighted by atomic mass is 32.1. The van der Waals surface area contributed by atoms with Gasteiger partial charge in [-0.05, 0) is 40.4 Å². The smallest absolute Gasteiger partial charge is 0.238 e. The molecule has 2 heterocycles. The van der Waals surface area contributed by atoms with Crippen LogP contribution in [0, 0.1) is 11.3 Å². The summed E-state index contributed by atoms with van der Waals surface area (Å²) in [6.07, 6.45) is 2.20. The molecule has 4 nitrogen and oxygen atoms in total. The maximum atomic E-state index is 12.4. The molecule has 6 heteroatoms. The van der Waals surface area contributed by atoms with E-state index in [4.69, 9.17) is 5.26 Å². The third-order valence-corrected chi connectivity index (χ3v) is 5.95. The van der Waals surface area contributed by atoms with Crippen LogP contribution in [0.4, 0.5) is 5.00 Å². The van der Waals surface area contributed by atoms with Gasteiger partial charge in [0, 0.05) is 4.88 Å². The van der Waals surface area contributed by atoms with Crippen LogP contribution in [0.2, 0.25) is 0 Å². The molecule has 138 valence electrons. The van der Waals surface area contributed by atoms with E-state index in [-0.39, 0.29) is 18.5 Å². The van der Waals surface area contributed by atoms with Gasteiger partial charge < -0.3 is 5.32 Å². The molecule has 3 aromatic rings. The highest BCUT2D eigenvalue weighted by Gasteiger charge is 2.17. The van der Waals surface area contributed by atoms with Crippen molar-refractivity contribution in [3.05, 3.63) is 74.8 Å². The molecule has 0 saturated heterocycles. The molecule has 1 amide bonds. The van der Waals surface area contributed by atoms with E-state index in [1.54, 1.807) is 22.8 Å². The lowest BCUT2D eigenvalue weighted by Crippen LogP contribution is -2.31. The largest absolute Gasteiger partial charge is 0.315 e. The van der Waals surface area contributed by atoms with Crippen LogP contribution in [-0.2, 0) is 11.2 Å². The average molecular weight is 396 g/mol. The first-order valence-corrected chi connectivity index (χ1v) is 10.6. The molecule has 2 N–H and O–H groups in total. The molecule has 0 aliphatic heterocycles. The summed E-state index contributed by atoms with van der Waals surface area (Å²) in [4.78, 5) is 13.5. The lowest BCUT2D eigenvalue weighted by Gasteiger charge is -2.18. The standard InChI is InChI=1S/C21H21N3OS2/c1-2-4-15-6-8-16(9-7-15)20(18-5-3-11-26-18)23-14-19(25)24-21-17(13-22)10-12-27-21/h3,5-12,20,23H,2,4,14H2,1H3,(H,24,25)/t20-/m0/s1. The molecule has 0 unspecified atom stereocenters. The Balaban J connectivity index is 1.69. The van der Waals surface area contributed by atoms with E-state index in [0.717, 1.165) is 18.4 Å². The van der Waals surface area contributed by atoms with Crippen molar-refractivity contribution in [2.45, 2.75) is 25.8 Å². The molecule has 0 bridgehead atoms. The van der Waals surface area contributed by atoms with Gasteiger partial charge >= 0.3 is 0 Å². The number of nitriles is 1. The number of benzene rings is 1. The summed E-state index contributed by atoms with van der Waals surface area (Å²) in [6.45, 7) is 2.34. The monoisotopic (exact) mass is 395 g/mol. The maximum Gasteiger partial charge on any atom is 0.238 e. The Morgan fingerprint density at radius 1 is 1.15 bits per heavy atom. The van der Waals surface area contributed by atoms with Crippen LogP contribution in [0.1, 0.15) is 41.0 Å². The van der Waals surface area contributed by atoms with Crippen molar-refractivity contribution in [2.24, 2.45) is 0 Å². The summed E-state index contributed by atoms with van der Waals surface area (Å²) < 4.78 is 0. The van der Waals surface area contributed by atoms with Crippen molar-refractivity contribution in [3.8, 4) is 6.07 Å². The summed E-state index contributed by atoms with van der Waals surface area (Å²) in [5, 5.41) is 19.7. The maximum absolute atomic E-state index is 12.4. The Kier molecular flexibility index (Phi) is 6.77. The van der Waals surface area contributed by atoms with Crippen molar-refractivity contribution in [1.29, 1.82) is 5.26 Å². The zero-order chi connectivity index (χ0) is 19.1. The van der Waals surface area contributed by atoms with Crippen LogP contribution in [0.5, 0.6) is 0 Å². The van der Waals surface area contributed by atoms with Crippen molar-refractivity contribution >= 4 is 33.6 Å². The average Bonchev–Trinajstić information content (AvgIpc) is 3.35. The summed E-state index contributed by atoms with van der Waals surface area (Å²) >= 11 is 3.03. The molecular weight excluding hydrogens is 374 g/mol. The molecule has 1 aromatic carbocycles. The molecule has 1 atom stereocenters. The van der Waals surface area contributed by atoms with Gasteiger partial charge in [-0.25, -0.2) is 0 Å². The van der Waals surface area contributed by atoms with Gasteiger partial charge in [-0.3, -0.25) is 10.1 Å². The van der Waals surface area contributed by atoms with E-state index in [0.29, 0.717) is 10.6 Å². The van der Waals surface area contributed by atoms with Crippen LogP contribution >= 0.6 is 22.7 Å². The Hall–Kier alpha value is -2.46. The number of nitrogens with one attached hydrogen (secondary N) is 2. The third kappa shape index (κ3) is 5.04. The number of carbonyl (C=O) groups excluding carboxylic acids is 1. The van der Waals surface area contributed by atoms with Crippen molar-refractivity contribution < 1.29 is 4.79 Å². The topological polar surface area (TPSA) is 64.9 Å². The number of thiophene rings is 2. The minimum Gasteiger partial charge on any atom is -0.315 e. The number of nitrogens with zero attached hydrogens (tertiary/aromatic N) is 1. The molecular formula is C21H21N3OS2. The minimum absolute atomic E-state index is 0.0369. The van der Waals surface area contributed by atoms with Crippen LogP contribution in [0.15, 0.2) is 53.2 Å². The van der Waals surface area contributed by atoms with E-state index in [1.165, 1.54) is 21.8 Å². The molecule has 3 rings (SSSR count). The van der Waals surface area contributed by atoms with E-state index in [9.17, 15) is 4.79 Å². The number of hydrogen-bond acceptors (Lipinski definition) is 5. The lowest BCUT2D eigenvalue weighted by atomic mass is 10.0. The predicted octanol–water partition coefficient (Wildman–Crippen LogP) is 4.95. The summed E-state index contributed by atoms with van der Waals surface area (Å²) in [6, 6.07) is 16.4. The van der Waals surface area contributed by atoms with Crippen LogP contribution in [0.25, 0.3) is 0 Å². The number of amides is 1. The van der Waals surface area contributed by atoms with Crippen molar-refractivity contribution in [1.82, 2.24) is 5.32 Å². The van der Waals surface area contributed by atoms with Crippen LogP contribution in [0.3, 0.4) is 0 Å². The molecule has 0 fully saturated rings. The fraction of sp³-hybridized carbons (Fsp3) is 0.238. The van der Waals surface area contributed by atoms with E-state index in [2.05, 4.69) is 54.0 Å². The van der Waals surface area contributed by atoms with E-state index < -0.39 is 0 Å². The third-order valence-electron chi connectivity index (χ3n) is 4.18. The van der Waals surface area contributed by atoms with Gasteiger partial charge in [0.25, 0.3) is 0 Å². The first-order valence-electron chi connectivity index (χ1n) is 8.84. The summed E-state index contributed by atoms with van der Waals surface area (Å²) in [7, 11) is 0. The highest BCUT2D eigenvalue weighted by Crippen LogP contribution is 2.27. The normalized spacial score (nSPS) is 11.7. The minimum atomic E-state index is -0.155. The van der Waals surface area contributed by atoms with Gasteiger partial charge in [-0.15, -0.1) is 22.7 Å². The number of rotatable bonds is 8. The number of hydrogen-bond donors (Lipinski definition) is 2. The first-order chi connectivity index (χ1) is 13.2. The second-order valence-corrected chi connectivity index (χ2v) is 8.04. The highest BCUT2D eigenvalue weighted by molar-refractivity contribution is 7.14. The zero-order valence-corrected chi connectivity index (χ0v) is 16.7. The Morgan fingerprint density at radius 2 is 1.96 bits per heavy atom. The van der Waals surface area contributed by atoms with Gasteiger partial charge in [-0.1, -0.05) is 43.7 Å². The quantitative estimate of drug-likeness (QED) is 0.567. The Morgan fingerprint density at radius 3 is 2.63 bits per heavy atom. The number of aryl methyl sites for hydroxylation is 1. The molecule has 27 heavy (non-hydrogen) atoms. The molecule has 2 aromatic heterocycles. The molecule has 0 aliphatic rings. The SMILES string of the molecule is CCCc1ccc([C@H](NCC(=O)Nc2sccc2C#N)c2cccs2)cc1. The van der Waals surface area contributed by atoms with Crippen LogP contribution in [-0.4, -0.2) is 12.5 Å². The first kappa shape index (κ1) is 19.3. The Labute approximate surface area is 167 Å². The molecule has 0 saturated carbocycles. The molecule has 0 aliphatic carbocycles. The fourth-order valence-electron chi connectivity index (χ4n) is 2.86. The van der Waals surface area contributed by atoms with Crippen molar-refractivity contribution in [2.75, 3.05) is 11.9 Å². The van der Waals surface area contributed by atoms with Gasteiger partial charge in [-0.2, -0.15) is 5.26 Å². The molecule has 0 radical (unpaired) electrons. The van der Waals surface area contributed by atoms with E-state index >= 15 is 0 Å². The Bertz CT molecular complexity index is 908. The lowest BCUT2D eigenvalue weighted by molar-refractivity contribution is -0.115. The predicted molar refractivity (Wildman–Crippen MR) is 112 cm³/mol. The van der Waals surface area contributed by atoms with E-state index in [1.807, 2.05) is 11.4 Å². The summed E-state index contributed by atoms with van der Waals surface area (Å²) in [5.41, 5.74) is 2.96. The zero-order valence-electron chi connectivity index (χ0n) is 15.1. The van der Waals surface area contributed by atoms with Gasteiger partial charge in [0.1, 0.15) is 11.1 Å². The second-order valence-electron chi connectivity index (χ2n) is 6.14. The second kappa shape index (κ2) is 9.47. The van der Waals surface area contributed by atoms with Gasteiger partial charge in [0.2, 0.25) is 5.91 Å². The van der Waals surface area contributed by atoms with Crippen molar-refractivity contribution in [3.63, 3.8) is 0 Å².